The summed E-state index contributed by atoms with van der Waals surface area (Å²) in [6, 6.07) is 6.58. The van der Waals surface area contributed by atoms with Crippen LogP contribution in [0.2, 0.25) is 0 Å². The molecule has 0 fully saturated rings. The minimum Gasteiger partial charge on any atom is -0.396 e. The van der Waals surface area contributed by atoms with Gasteiger partial charge in [0.25, 0.3) is 0 Å². The fraction of sp³-hybridized carbons (Fsp3) is 0.0833. The van der Waals surface area contributed by atoms with E-state index in [1.807, 2.05) is 0 Å². The number of nitrogens with zero attached hydrogens (tertiary/aromatic N) is 1. The summed E-state index contributed by atoms with van der Waals surface area (Å²) in [5.41, 5.74) is 7.60. The van der Waals surface area contributed by atoms with Crippen LogP contribution in [-0.2, 0) is 6.54 Å². The maximum Gasteiger partial charge on any atom is 0.128 e. The van der Waals surface area contributed by atoms with Crippen LogP contribution in [0.25, 0.3) is 0 Å². The van der Waals surface area contributed by atoms with Crippen LogP contribution >= 0.6 is 15.9 Å². The summed E-state index contributed by atoms with van der Waals surface area (Å²) >= 11 is 3.31. The summed E-state index contributed by atoms with van der Waals surface area (Å²) in [7, 11) is 0. The first-order valence-electron chi connectivity index (χ1n) is 5.04. The normalized spacial score (nSPS) is 10.2. The summed E-state index contributed by atoms with van der Waals surface area (Å²) in [6.45, 7) is 0.374. The number of aromatic nitrogens is 1. The van der Waals surface area contributed by atoms with Crippen LogP contribution < -0.4 is 11.1 Å². The molecule has 1 aromatic carbocycles. The van der Waals surface area contributed by atoms with Crippen molar-refractivity contribution >= 4 is 27.3 Å². The van der Waals surface area contributed by atoms with E-state index in [9.17, 15) is 4.39 Å². The molecule has 5 heteroatoms. The number of rotatable bonds is 3. The topological polar surface area (TPSA) is 50.9 Å². The van der Waals surface area contributed by atoms with E-state index in [0.29, 0.717) is 17.8 Å². The summed E-state index contributed by atoms with van der Waals surface area (Å²) in [6.07, 6.45) is 3.19. The molecule has 0 aliphatic rings. The monoisotopic (exact) mass is 295 g/mol. The van der Waals surface area contributed by atoms with Gasteiger partial charge in [0.2, 0.25) is 0 Å². The van der Waals surface area contributed by atoms with E-state index in [2.05, 4.69) is 26.2 Å². The first-order valence-corrected chi connectivity index (χ1v) is 5.83. The average molecular weight is 296 g/mol. The molecule has 0 atom stereocenters. The quantitative estimate of drug-likeness (QED) is 0.914. The first kappa shape index (κ1) is 11.9. The zero-order valence-electron chi connectivity index (χ0n) is 8.95. The number of nitrogens with one attached hydrogen (secondary N) is 1. The summed E-state index contributed by atoms with van der Waals surface area (Å²) in [5, 5.41) is 3.07. The van der Waals surface area contributed by atoms with E-state index in [0.717, 1.165) is 10.2 Å². The van der Waals surface area contributed by atoms with Crippen LogP contribution in [0, 0.1) is 5.82 Å². The van der Waals surface area contributed by atoms with Crippen molar-refractivity contribution in [3.05, 3.63) is 52.5 Å². The molecule has 0 spiro atoms. The number of anilines is 2. The Labute approximate surface area is 107 Å². The third-order valence-electron chi connectivity index (χ3n) is 2.33. The molecular formula is C12H11BrFN3. The van der Waals surface area contributed by atoms with Crippen molar-refractivity contribution in [2.75, 3.05) is 11.1 Å². The molecule has 2 rings (SSSR count). The molecule has 0 saturated carbocycles. The van der Waals surface area contributed by atoms with E-state index >= 15 is 0 Å². The van der Waals surface area contributed by atoms with Crippen molar-refractivity contribution < 1.29 is 4.39 Å². The second-order valence-electron chi connectivity index (χ2n) is 3.55. The number of hydrogen-bond acceptors (Lipinski definition) is 3. The molecule has 2 aromatic rings. The SMILES string of the molecule is Nc1cnccc1NCc1cc(Br)ccc1F. The zero-order valence-corrected chi connectivity index (χ0v) is 10.5. The molecule has 1 heterocycles. The lowest BCUT2D eigenvalue weighted by Crippen LogP contribution is -2.04. The van der Waals surface area contributed by atoms with Crippen molar-refractivity contribution in [2.45, 2.75) is 6.54 Å². The molecule has 0 aliphatic carbocycles. The van der Waals surface area contributed by atoms with Crippen LogP contribution in [0.5, 0.6) is 0 Å². The number of pyridine rings is 1. The standard InChI is InChI=1S/C12H11BrFN3/c13-9-1-2-10(14)8(5-9)6-17-12-3-4-16-7-11(12)15/h1-5,7H,6,15H2,(H,16,17). The fourth-order valence-corrected chi connectivity index (χ4v) is 1.85. The second kappa shape index (κ2) is 5.14. The van der Waals surface area contributed by atoms with E-state index in [1.165, 1.54) is 6.07 Å². The Hall–Kier alpha value is -1.62. The number of nitrogen functional groups attached to an aromatic ring is 1. The van der Waals surface area contributed by atoms with E-state index in [1.54, 1.807) is 30.6 Å². The van der Waals surface area contributed by atoms with Gasteiger partial charge in [-0.3, -0.25) is 4.98 Å². The van der Waals surface area contributed by atoms with Gasteiger partial charge < -0.3 is 11.1 Å². The molecule has 0 saturated heterocycles. The third-order valence-corrected chi connectivity index (χ3v) is 2.82. The Morgan fingerprint density at radius 2 is 2.18 bits per heavy atom. The predicted molar refractivity (Wildman–Crippen MR) is 70.1 cm³/mol. The summed E-state index contributed by atoms with van der Waals surface area (Å²) < 4.78 is 14.3. The van der Waals surface area contributed by atoms with Crippen LogP contribution in [0.15, 0.2) is 41.1 Å². The van der Waals surface area contributed by atoms with E-state index < -0.39 is 0 Å². The van der Waals surface area contributed by atoms with Gasteiger partial charge >= 0.3 is 0 Å². The van der Waals surface area contributed by atoms with Crippen LogP contribution in [0.4, 0.5) is 15.8 Å². The Morgan fingerprint density at radius 1 is 1.35 bits per heavy atom. The molecule has 0 bridgehead atoms. The van der Waals surface area contributed by atoms with Gasteiger partial charge in [0.1, 0.15) is 5.82 Å². The van der Waals surface area contributed by atoms with Crippen molar-refractivity contribution in [1.29, 1.82) is 0 Å². The zero-order chi connectivity index (χ0) is 12.3. The van der Waals surface area contributed by atoms with Gasteiger partial charge in [0.05, 0.1) is 17.6 Å². The predicted octanol–water partition coefficient (Wildman–Crippen LogP) is 3.18. The number of hydrogen-bond donors (Lipinski definition) is 2. The lowest BCUT2D eigenvalue weighted by molar-refractivity contribution is 0.612. The van der Waals surface area contributed by atoms with Gasteiger partial charge in [-0.25, -0.2) is 4.39 Å². The molecule has 0 radical (unpaired) electrons. The minimum absolute atomic E-state index is 0.242. The van der Waals surface area contributed by atoms with Crippen molar-refractivity contribution in [3.8, 4) is 0 Å². The number of benzene rings is 1. The molecule has 88 valence electrons. The molecular weight excluding hydrogens is 285 g/mol. The molecule has 1 aromatic heterocycles. The highest BCUT2D eigenvalue weighted by atomic mass is 79.9. The summed E-state index contributed by atoms with van der Waals surface area (Å²) in [5.74, 6) is -0.242. The van der Waals surface area contributed by atoms with Gasteiger partial charge in [-0.05, 0) is 24.3 Å². The smallest absolute Gasteiger partial charge is 0.128 e. The molecule has 3 nitrogen and oxygen atoms in total. The lowest BCUT2D eigenvalue weighted by atomic mass is 10.2. The highest BCUT2D eigenvalue weighted by molar-refractivity contribution is 9.10. The highest BCUT2D eigenvalue weighted by Gasteiger charge is 2.03. The van der Waals surface area contributed by atoms with Gasteiger partial charge in [-0.2, -0.15) is 0 Å². The third kappa shape index (κ3) is 2.94. The van der Waals surface area contributed by atoms with E-state index in [-0.39, 0.29) is 5.82 Å². The van der Waals surface area contributed by atoms with Crippen LogP contribution in [-0.4, -0.2) is 4.98 Å². The molecule has 0 amide bonds. The van der Waals surface area contributed by atoms with Gasteiger partial charge in [0, 0.05) is 22.8 Å². The number of halogens is 2. The first-order chi connectivity index (χ1) is 8.16. The highest BCUT2D eigenvalue weighted by Crippen LogP contribution is 2.19. The molecule has 3 N–H and O–H groups in total. The number of nitrogens with two attached hydrogens (primary N) is 1. The van der Waals surface area contributed by atoms with Gasteiger partial charge in [-0.15, -0.1) is 0 Å². The van der Waals surface area contributed by atoms with Gasteiger partial charge in [-0.1, -0.05) is 15.9 Å². The van der Waals surface area contributed by atoms with Crippen molar-refractivity contribution in [2.24, 2.45) is 0 Å². The van der Waals surface area contributed by atoms with Crippen molar-refractivity contribution in [1.82, 2.24) is 4.98 Å². The molecule has 17 heavy (non-hydrogen) atoms. The minimum atomic E-state index is -0.242. The maximum absolute atomic E-state index is 13.5. The Bertz CT molecular complexity index is 531. The Balaban J connectivity index is 2.12. The maximum atomic E-state index is 13.5. The van der Waals surface area contributed by atoms with E-state index in [4.69, 9.17) is 5.73 Å². The Kier molecular flexibility index (Phi) is 3.58. The van der Waals surface area contributed by atoms with Crippen LogP contribution in [0.1, 0.15) is 5.56 Å². The molecule has 0 unspecified atom stereocenters. The Morgan fingerprint density at radius 3 is 2.94 bits per heavy atom. The molecule has 0 aliphatic heterocycles. The average Bonchev–Trinajstić information content (AvgIpc) is 2.32. The summed E-state index contributed by atoms with van der Waals surface area (Å²) in [4.78, 5) is 3.89. The largest absolute Gasteiger partial charge is 0.396 e. The lowest BCUT2D eigenvalue weighted by Gasteiger charge is -2.09. The van der Waals surface area contributed by atoms with Gasteiger partial charge in [0.15, 0.2) is 0 Å². The fourth-order valence-electron chi connectivity index (χ4n) is 1.44. The van der Waals surface area contributed by atoms with Crippen LogP contribution in [0.3, 0.4) is 0 Å². The second-order valence-corrected chi connectivity index (χ2v) is 4.47. The van der Waals surface area contributed by atoms with Crippen molar-refractivity contribution in [3.63, 3.8) is 0 Å².